The lowest BCUT2D eigenvalue weighted by molar-refractivity contribution is -0.115. The van der Waals surface area contributed by atoms with Gasteiger partial charge in [-0.05, 0) is 73.5 Å². The van der Waals surface area contributed by atoms with Crippen LogP contribution in [0.2, 0.25) is 0 Å². The molecule has 2 aliphatic heterocycles. The lowest BCUT2D eigenvalue weighted by atomic mass is 9.95. The minimum Gasteiger partial charge on any atom is -0.379 e. The van der Waals surface area contributed by atoms with Crippen molar-refractivity contribution in [2.75, 3.05) is 56.2 Å². The third kappa shape index (κ3) is 7.62. The van der Waals surface area contributed by atoms with E-state index in [0.717, 1.165) is 81.2 Å². The van der Waals surface area contributed by atoms with E-state index >= 15 is 0 Å². The van der Waals surface area contributed by atoms with Crippen LogP contribution in [0.3, 0.4) is 0 Å². The highest BCUT2D eigenvalue weighted by Gasteiger charge is 2.15. The molecule has 0 saturated carbocycles. The van der Waals surface area contributed by atoms with Gasteiger partial charge in [-0.1, -0.05) is 18.2 Å². The van der Waals surface area contributed by atoms with Crippen molar-refractivity contribution in [2.24, 2.45) is 5.73 Å². The van der Waals surface area contributed by atoms with E-state index in [4.69, 9.17) is 10.5 Å². The molecule has 8 nitrogen and oxygen atoms in total. The summed E-state index contributed by atoms with van der Waals surface area (Å²) in [7, 11) is 0. The van der Waals surface area contributed by atoms with E-state index in [1.54, 1.807) is 6.20 Å². The van der Waals surface area contributed by atoms with Crippen molar-refractivity contribution in [1.29, 1.82) is 0 Å². The number of anilines is 2. The van der Waals surface area contributed by atoms with Crippen LogP contribution in [0, 0.1) is 0 Å². The average Bonchev–Trinajstić information content (AvgIpc) is 2.98. The van der Waals surface area contributed by atoms with Crippen LogP contribution in [0.15, 0.2) is 55.0 Å². The van der Waals surface area contributed by atoms with Crippen molar-refractivity contribution >= 4 is 17.3 Å². The van der Waals surface area contributed by atoms with Crippen molar-refractivity contribution in [3.05, 3.63) is 71.8 Å². The normalized spacial score (nSPS) is 16.3. The van der Waals surface area contributed by atoms with Crippen molar-refractivity contribution in [2.45, 2.75) is 45.1 Å². The van der Waals surface area contributed by atoms with E-state index < -0.39 is 0 Å². The first kappa shape index (κ1) is 27.2. The Kier molecular flexibility index (Phi) is 9.53. The lowest BCUT2D eigenvalue weighted by Crippen LogP contribution is -2.35. The summed E-state index contributed by atoms with van der Waals surface area (Å²) in [4.78, 5) is 27.0. The van der Waals surface area contributed by atoms with Gasteiger partial charge in [-0.25, -0.2) is 0 Å². The second-order valence-electron chi connectivity index (χ2n) is 10.5. The topological polar surface area (TPSA) is 96.6 Å². The predicted octanol–water partition coefficient (Wildman–Crippen LogP) is 4.04. The summed E-state index contributed by atoms with van der Waals surface area (Å²) in [6.07, 6.45) is 11.4. The Morgan fingerprint density at radius 3 is 2.54 bits per heavy atom. The molecule has 1 amide bonds. The predicted molar refractivity (Wildman–Crippen MR) is 156 cm³/mol. The smallest absolute Gasteiger partial charge is 0.228 e. The molecule has 0 unspecified atom stereocenters. The molecule has 4 heterocycles. The molecule has 3 aromatic rings. The molecule has 0 bridgehead atoms. The maximum atomic E-state index is 13.1. The highest BCUT2D eigenvalue weighted by atomic mass is 16.5. The molecule has 1 aromatic carbocycles. The average molecular weight is 529 g/mol. The third-order valence-electron chi connectivity index (χ3n) is 7.58. The van der Waals surface area contributed by atoms with E-state index in [1.165, 1.54) is 30.5 Å². The van der Waals surface area contributed by atoms with Crippen LogP contribution in [0.5, 0.6) is 0 Å². The summed E-state index contributed by atoms with van der Waals surface area (Å²) >= 11 is 0. The minimum atomic E-state index is -0.0518. The third-order valence-corrected chi connectivity index (χ3v) is 7.58. The Morgan fingerprint density at radius 2 is 1.77 bits per heavy atom. The monoisotopic (exact) mass is 528 g/mol. The second kappa shape index (κ2) is 13.6. The number of nitrogens with two attached hydrogens (primary N) is 1. The minimum absolute atomic E-state index is 0.0518. The van der Waals surface area contributed by atoms with E-state index in [9.17, 15) is 4.79 Å². The van der Waals surface area contributed by atoms with Gasteiger partial charge >= 0.3 is 0 Å². The standard InChI is InChI=1S/C31H40N6O2/c32-10-4-5-24-6-7-25(27-18-30(22-33-20-27)37-11-2-1-3-12-37)17-26(24)19-31(38)35-28-8-9-29(34-21-28)23-36-13-15-39-16-14-36/h6-9,17-18,20-22H,1-5,10-16,19,23,32H2,(H,35,38). The number of benzene rings is 1. The Bertz CT molecular complexity index is 1220. The number of rotatable bonds is 10. The number of aromatic nitrogens is 2. The molecule has 0 radical (unpaired) electrons. The molecule has 0 spiro atoms. The van der Waals surface area contributed by atoms with Gasteiger partial charge in [0.15, 0.2) is 0 Å². The lowest BCUT2D eigenvalue weighted by Gasteiger charge is -2.28. The van der Waals surface area contributed by atoms with Crippen molar-refractivity contribution in [1.82, 2.24) is 14.9 Å². The molecule has 5 rings (SSSR count). The summed E-state index contributed by atoms with van der Waals surface area (Å²) in [5, 5.41) is 3.04. The molecule has 2 aromatic heterocycles. The molecule has 8 heteroatoms. The summed E-state index contributed by atoms with van der Waals surface area (Å²) in [6.45, 7) is 6.95. The first-order valence-corrected chi connectivity index (χ1v) is 14.2. The molecule has 0 aliphatic carbocycles. The number of nitrogens with zero attached hydrogens (tertiary/aromatic N) is 4. The number of aryl methyl sites for hydroxylation is 1. The zero-order valence-corrected chi connectivity index (χ0v) is 22.8. The van der Waals surface area contributed by atoms with Gasteiger partial charge < -0.3 is 20.7 Å². The maximum absolute atomic E-state index is 13.1. The summed E-state index contributed by atoms with van der Waals surface area (Å²) < 4.78 is 5.42. The van der Waals surface area contributed by atoms with Crippen LogP contribution < -0.4 is 16.0 Å². The summed E-state index contributed by atoms with van der Waals surface area (Å²) in [5.74, 6) is -0.0518. The zero-order chi connectivity index (χ0) is 26.9. The van der Waals surface area contributed by atoms with Gasteiger partial charge in [0.05, 0.1) is 49.1 Å². The van der Waals surface area contributed by atoms with Gasteiger partial charge in [-0.15, -0.1) is 0 Å². The number of piperidine rings is 1. The Balaban J connectivity index is 1.27. The Hall–Kier alpha value is -3.33. The van der Waals surface area contributed by atoms with Gasteiger partial charge in [0, 0.05) is 44.5 Å². The van der Waals surface area contributed by atoms with E-state index in [2.05, 4.69) is 49.4 Å². The molecule has 2 saturated heterocycles. The van der Waals surface area contributed by atoms with E-state index in [0.29, 0.717) is 18.7 Å². The quantitative estimate of drug-likeness (QED) is 0.410. The molecule has 2 fully saturated rings. The van der Waals surface area contributed by atoms with Crippen LogP contribution in [-0.4, -0.2) is 66.7 Å². The molecular weight excluding hydrogens is 488 g/mol. The van der Waals surface area contributed by atoms with Crippen LogP contribution >= 0.6 is 0 Å². The second-order valence-corrected chi connectivity index (χ2v) is 10.5. The fraction of sp³-hybridized carbons (Fsp3) is 0.452. The molecule has 2 aliphatic rings. The van der Waals surface area contributed by atoms with Crippen LogP contribution in [-0.2, 0) is 28.9 Å². The fourth-order valence-electron chi connectivity index (χ4n) is 5.38. The van der Waals surface area contributed by atoms with Gasteiger partial charge in [0.25, 0.3) is 0 Å². The van der Waals surface area contributed by atoms with E-state index in [-0.39, 0.29) is 5.91 Å². The SMILES string of the molecule is NCCCc1ccc(-c2cncc(N3CCCCC3)c2)cc1CC(=O)Nc1ccc(CN2CCOCC2)nc1. The first-order chi connectivity index (χ1) is 19.2. The number of nitrogens with one attached hydrogen (secondary N) is 1. The maximum Gasteiger partial charge on any atom is 0.228 e. The van der Waals surface area contributed by atoms with Crippen molar-refractivity contribution in [3.8, 4) is 11.1 Å². The first-order valence-electron chi connectivity index (χ1n) is 14.2. The number of pyridine rings is 2. The van der Waals surface area contributed by atoms with Crippen molar-refractivity contribution < 1.29 is 9.53 Å². The molecule has 206 valence electrons. The highest BCUT2D eigenvalue weighted by Crippen LogP contribution is 2.28. The molecule has 39 heavy (non-hydrogen) atoms. The van der Waals surface area contributed by atoms with Crippen molar-refractivity contribution in [3.63, 3.8) is 0 Å². The largest absolute Gasteiger partial charge is 0.379 e. The highest BCUT2D eigenvalue weighted by molar-refractivity contribution is 5.92. The zero-order valence-electron chi connectivity index (χ0n) is 22.8. The number of ether oxygens (including phenoxy) is 1. The Labute approximate surface area is 231 Å². The number of carbonyl (C=O) groups excluding carboxylic acids is 1. The van der Waals surface area contributed by atoms with Gasteiger partial charge in [0.1, 0.15) is 0 Å². The van der Waals surface area contributed by atoms with Crippen LogP contribution in [0.1, 0.15) is 42.5 Å². The Morgan fingerprint density at radius 1 is 0.923 bits per heavy atom. The molecule has 0 atom stereocenters. The summed E-state index contributed by atoms with van der Waals surface area (Å²) in [5.41, 5.74) is 13.0. The molecular formula is C31H40N6O2. The number of morpholine rings is 1. The van der Waals surface area contributed by atoms with Crippen LogP contribution in [0.4, 0.5) is 11.4 Å². The summed E-state index contributed by atoms with van der Waals surface area (Å²) in [6, 6.07) is 12.6. The molecule has 3 N–H and O–H groups in total. The number of amides is 1. The van der Waals surface area contributed by atoms with Gasteiger partial charge in [-0.3, -0.25) is 19.7 Å². The number of hydrogen-bond donors (Lipinski definition) is 2. The van der Waals surface area contributed by atoms with Crippen LogP contribution in [0.25, 0.3) is 11.1 Å². The fourth-order valence-corrected chi connectivity index (χ4v) is 5.38. The van der Waals surface area contributed by atoms with Gasteiger partial charge in [0.2, 0.25) is 5.91 Å². The number of hydrogen-bond acceptors (Lipinski definition) is 7. The van der Waals surface area contributed by atoms with E-state index in [1.807, 2.05) is 24.5 Å². The number of carbonyl (C=O) groups is 1. The van der Waals surface area contributed by atoms with Gasteiger partial charge in [-0.2, -0.15) is 0 Å².